The number of ether oxygens (including phenoxy) is 1. The van der Waals surface area contributed by atoms with Gasteiger partial charge in [-0.25, -0.2) is 14.8 Å². The van der Waals surface area contributed by atoms with E-state index in [-0.39, 0.29) is 5.82 Å². The Bertz CT molecular complexity index is 362. The van der Waals surface area contributed by atoms with Crippen LogP contribution < -0.4 is 0 Å². The van der Waals surface area contributed by atoms with Gasteiger partial charge in [0.2, 0.25) is 5.82 Å². The topological polar surface area (TPSA) is 52.1 Å². The van der Waals surface area contributed by atoms with Crippen LogP contribution in [0.1, 0.15) is 24.0 Å². The molecule has 0 aliphatic heterocycles. The second kappa shape index (κ2) is 6.70. The third-order valence-corrected chi connectivity index (χ3v) is 3.16. The molecule has 0 N–H and O–H groups in total. The van der Waals surface area contributed by atoms with Crippen LogP contribution in [-0.4, -0.2) is 34.2 Å². The molecule has 4 nitrogen and oxygen atoms in total. The van der Waals surface area contributed by atoms with Gasteiger partial charge in [0.05, 0.1) is 7.11 Å². The molecule has 0 saturated carbocycles. The van der Waals surface area contributed by atoms with Gasteiger partial charge in [-0.3, -0.25) is 0 Å². The summed E-state index contributed by atoms with van der Waals surface area (Å²) in [4.78, 5) is 19.1. The van der Waals surface area contributed by atoms with Gasteiger partial charge in [-0.1, -0.05) is 6.92 Å². The first kappa shape index (κ1) is 13.3. The van der Waals surface area contributed by atoms with Gasteiger partial charge in [-0.05, 0) is 12.5 Å². The third kappa shape index (κ3) is 3.98. The number of esters is 1. The Morgan fingerprint density at radius 3 is 3.06 bits per heavy atom. The minimum atomic E-state index is -0.521. The Morgan fingerprint density at radius 1 is 1.69 bits per heavy atom. The normalized spacial score (nSPS) is 12.2. The van der Waals surface area contributed by atoms with E-state index in [0.717, 1.165) is 11.4 Å². The van der Waals surface area contributed by atoms with Crippen LogP contribution in [0.15, 0.2) is 17.3 Å². The van der Waals surface area contributed by atoms with Crippen molar-refractivity contribution in [2.75, 3.05) is 13.0 Å². The Balaban J connectivity index is 2.70. The van der Waals surface area contributed by atoms with Crippen molar-refractivity contribution in [3.05, 3.63) is 18.1 Å². The van der Waals surface area contributed by atoms with E-state index < -0.39 is 5.97 Å². The number of carbonyl (C=O) groups is 1. The molecule has 0 fully saturated rings. The van der Waals surface area contributed by atoms with Crippen molar-refractivity contribution >= 4 is 29.3 Å². The SMILES string of the molecule is COC(=O)c1nccc(SC(C)CCCl)n1. The molecule has 0 aliphatic carbocycles. The lowest BCUT2D eigenvalue weighted by molar-refractivity contribution is 0.0585. The lowest BCUT2D eigenvalue weighted by Gasteiger charge is -2.08. The molecule has 0 spiro atoms. The fourth-order valence-electron chi connectivity index (χ4n) is 1.02. The number of rotatable bonds is 5. The third-order valence-electron chi connectivity index (χ3n) is 1.84. The summed E-state index contributed by atoms with van der Waals surface area (Å²) in [6, 6.07) is 1.77. The maximum atomic E-state index is 11.2. The molecule has 0 aliphatic rings. The van der Waals surface area contributed by atoms with Crippen LogP contribution in [0, 0.1) is 0 Å². The quantitative estimate of drug-likeness (QED) is 0.352. The second-order valence-electron chi connectivity index (χ2n) is 3.12. The minimum Gasteiger partial charge on any atom is -0.463 e. The maximum Gasteiger partial charge on any atom is 0.376 e. The van der Waals surface area contributed by atoms with Gasteiger partial charge in [0, 0.05) is 17.3 Å². The van der Waals surface area contributed by atoms with Crippen molar-refractivity contribution in [1.82, 2.24) is 9.97 Å². The molecule has 1 aromatic rings. The summed E-state index contributed by atoms with van der Waals surface area (Å²) in [7, 11) is 1.31. The van der Waals surface area contributed by atoms with E-state index in [2.05, 4.69) is 21.6 Å². The number of nitrogens with zero attached hydrogens (tertiary/aromatic N) is 2. The van der Waals surface area contributed by atoms with Crippen molar-refractivity contribution in [2.45, 2.75) is 23.6 Å². The van der Waals surface area contributed by atoms with E-state index in [1.165, 1.54) is 7.11 Å². The molecular formula is C10H13ClN2O2S. The highest BCUT2D eigenvalue weighted by atomic mass is 35.5. The van der Waals surface area contributed by atoms with E-state index >= 15 is 0 Å². The lowest BCUT2D eigenvalue weighted by atomic mass is 10.4. The molecule has 88 valence electrons. The summed E-state index contributed by atoms with van der Waals surface area (Å²) in [6.07, 6.45) is 2.44. The molecule has 6 heteroatoms. The van der Waals surface area contributed by atoms with Crippen molar-refractivity contribution < 1.29 is 9.53 Å². The van der Waals surface area contributed by atoms with Crippen LogP contribution in [-0.2, 0) is 4.74 Å². The number of hydrogen-bond acceptors (Lipinski definition) is 5. The predicted molar refractivity (Wildman–Crippen MR) is 64.0 cm³/mol. The highest BCUT2D eigenvalue weighted by Gasteiger charge is 2.11. The van der Waals surface area contributed by atoms with E-state index in [1.807, 2.05) is 0 Å². The van der Waals surface area contributed by atoms with Crippen LogP contribution >= 0.6 is 23.4 Å². The van der Waals surface area contributed by atoms with Gasteiger partial charge in [-0.2, -0.15) is 0 Å². The number of hydrogen-bond donors (Lipinski definition) is 0. The molecule has 0 radical (unpaired) electrons. The van der Waals surface area contributed by atoms with E-state index in [0.29, 0.717) is 11.1 Å². The van der Waals surface area contributed by atoms with Crippen molar-refractivity contribution in [3.63, 3.8) is 0 Å². The molecule has 0 bridgehead atoms. The Kier molecular flexibility index (Phi) is 5.55. The molecule has 0 amide bonds. The van der Waals surface area contributed by atoms with E-state index in [9.17, 15) is 4.79 Å². The van der Waals surface area contributed by atoms with Gasteiger partial charge in [-0.15, -0.1) is 23.4 Å². The van der Waals surface area contributed by atoms with Gasteiger partial charge in [0.1, 0.15) is 5.03 Å². The lowest BCUT2D eigenvalue weighted by Crippen LogP contribution is -2.08. The highest BCUT2D eigenvalue weighted by molar-refractivity contribution is 7.99. The summed E-state index contributed by atoms with van der Waals surface area (Å²) in [5.74, 6) is 0.182. The van der Waals surface area contributed by atoms with Crippen LogP contribution in [0.2, 0.25) is 0 Å². The molecule has 0 saturated heterocycles. The van der Waals surface area contributed by atoms with E-state index in [4.69, 9.17) is 11.6 Å². The zero-order chi connectivity index (χ0) is 12.0. The predicted octanol–water partition coefficient (Wildman–Crippen LogP) is 2.37. The first-order valence-electron chi connectivity index (χ1n) is 4.81. The molecule has 1 atom stereocenters. The van der Waals surface area contributed by atoms with Crippen LogP contribution in [0.5, 0.6) is 0 Å². The van der Waals surface area contributed by atoms with Gasteiger partial charge in [0.25, 0.3) is 0 Å². The largest absolute Gasteiger partial charge is 0.463 e. The van der Waals surface area contributed by atoms with Crippen molar-refractivity contribution in [2.24, 2.45) is 0 Å². The Hall–Kier alpha value is -0.810. The molecular weight excluding hydrogens is 248 g/mol. The summed E-state index contributed by atoms with van der Waals surface area (Å²) in [6.45, 7) is 2.06. The van der Waals surface area contributed by atoms with Crippen molar-refractivity contribution in [1.29, 1.82) is 0 Å². The first-order chi connectivity index (χ1) is 7.67. The average Bonchev–Trinajstić information content (AvgIpc) is 2.28. The van der Waals surface area contributed by atoms with Crippen molar-refractivity contribution in [3.8, 4) is 0 Å². The fraction of sp³-hybridized carbons (Fsp3) is 0.500. The average molecular weight is 261 g/mol. The molecule has 16 heavy (non-hydrogen) atoms. The van der Waals surface area contributed by atoms with Gasteiger partial charge < -0.3 is 4.74 Å². The Labute approximate surface area is 104 Å². The second-order valence-corrected chi connectivity index (χ2v) is 4.95. The monoisotopic (exact) mass is 260 g/mol. The van der Waals surface area contributed by atoms with Gasteiger partial charge >= 0.3 is 5.97 Å². The minimum absolute atomic E-state index is 0.0885. The number of aromatic nitrogens is 2. The smallest absolute Gasteiger partial charge is 0.376 e. The molecule has 1 unspecified atom stereocenters. The first-order valence-corrected chi connectivity index (χ1v) is 6.22. The number of methoxy groups -OCH3 is 1. The maximum absolute atomic E-state index is 11.2. The molecule has 1 aromatic heterocycles. The summed E-state index contributed by atoms with van der Waals surface area (Å²) < 4.78 is 4.55. The summed E-state index contributed by atoms with van der Waals surface area (Å²) in [5.41, 5.74) is 0. The Morgan fingerprint density at radius 2 is 2.44 bits per heavy atom. The van der Waals surface area contributed by atoms with Crippen LogP contribution in [0.3, 0.4) is 0 Å². The van der Waals surface area contributed by atoms with Gasteiger partial charge in [0.15, 0.2) is 0 Å². The molecule has 1 rings (SSSR count). The summed E-state index contributed by atoms with van der Waals surface area (Å²) in [5, 5.41) is 1.12. The number of thioether (sulfide) groups is 1. The van der Waals surface area contributed by atoms with Crippen LogP contribution in [0.4, 0.5) is 0 Å². The standard InChI is InChI=1S/C10H13ClN2O2S/c1-7(3-5-11)16-8-4-6-12-9(13-8)10(14)15-2/h4,6-7H,3,5H2,1-2H3. The van der Waals surface area contributed by atoms with E-state index in [1.54, 1.807) is 24.0 Å². The highest BCUT2D eigenvalue weighted by Crippen LogP contribution is 2.23. The number of carbonyl (C=O) groups excluding carboxylic acids is 1. The zero-order valence-corrected chi connectivity index (χ0v) is 10.7. The number of alkyl halides is 1. The number of halogens is 1. The fourth-order valence-corrected chi connectivity index (χ4v) is 2.40. The molecule has 1 heterocycles. The molecule has 0 aromatic carbocycles. The van der Waals surface area contributed by atoms with Crippen LogP contribution in [0.25, 0.3) is 0 Å². The summed E-state index contributed by atoms with van der Waals surface area (Å²) >= 11 is 7.21. The zero-order valence-electron chi connectivity index (χ0n) is 9.14.